The Labute approximate surface area is 249 Å². The van der Waals surface area contributed by atoms with E-state index < -0.39 is 41.9 Å². The van der Waals surface area contributed by atoms with E-state index in [2.05, 4.69) is 6.07 Å². The highest BCUT2D eigenvalue weighted by molar-refractivity contribution is 6.10. The van der Waals surface area contributed by atoms with Crippen LogP contribution in [0.1, 0.15) is 51.9 Å². The van der Waals surface area contributed by atoms with Gasteiger partial charge in [0.1, 0.15) is 5.84 Å². The summed E-state index contributed by atoms with van der Waals surface area (Å²) >= 11 is 0. The number of carbonyl (C=O) groups excluding carboxylic acids is 1. The summed E-state index contributed by atoms with van der Waals surface area (Å²) in [5, 5.41) is 25.3. The number of anilines is 1. The molecule has 3 aliphatic rings. The molecule has 0 spiro atoms. The molecule has 234 valence electrons. The minimum atomic E-state index is -4.80. The first-order chi connectivity index (χ1) is 20.6. The predicted octanol–water partition coefficient (Wildman–Crippen LogP) is 5.71. The molecule has 2 aromatic carbocycles. The van der Waals surface area contributed by atoms with Gasteiger partial charge in [0.05, 0.1) is 31.1 Å². The number of amidine groups is 1. The first kappa shape index (κ1) is 31.5. The van der Waals surface area contributed by atoms with Gasteiger partial charge in [-0.3, -0.25) is 20.5 Å². The zero-order valence-corrected chi connectivity index (χ0v) is 23.7. The fourth-order valence-electron chi connectivity index (χ4n) is 6.31. The molecule has 14 heteroatoms. The van der Waals surface area contributed by atoms with Gasteiger partial charge < -0.3 is 14.5 Å². The van der Waals surface area contributed by atoms with Crippen molar-refractivity contribution in [2.24, 2.45) is 5.92 Å². The number of benzene rings is 2. The van der Waals surface area contributed by atoms with Crippen LogP contribution in [0, 0.1) is 28.1 Å². The number of morpholine rings is 1. The van der Waals surface area contributed by atoms with Gasteiger partial charge in [0.25, 0.3) is 5.91 Å². The number of alkyl halides is 6. The SMILES string of the molecule is CN(C=N)C(=N)CC1(c2cccc(N3Cc4c(cc(CN5CCO[C@H](C(F)(F)F)C5)cc4C(F)(F)F)C3=O)c2)CC(C#N)C1. The second-order valence-electron chi connectivity index (χ2n) is 11.6. The van der Waals surface area contributed by atoms with Crippen molar-refractivity contribution >= 4 is 23.8 Å². The fourth-order valence-corrected chi connectivity index (χ4v) is 6.31. The molecule has 2 heterocycles. The van der Waals surface area contributed by atoms with Crippen LogP contribution in [-0.2, 0) is 29.4 Å². The zero-order valence-electron chi connectivity index (χ0n) is 23.7. The Hall–Kier alpha value is -3.96. The normalized spacial score (nSPS) is 24.0. The van der Waals surface area contributed by atoms with E-state index in [1.165, 1.54) is 20.8 Å². The van der Waals surface area contributed by atoms with Crippen LogP contribution >= 0.6 is 0 Å². The second kappa shape index (κ2) is 11.5. The number of ether oxygens (including phenoxy) is 1. The molecule has 0 unspecified atom stereocenters. The maximum absolute atomic E-state index is 14.3. The van der Waals surface area contributed by atoms with Gasteiger partial charge in [0, 0.05) is 55.7 Å². The van der Waals surface area contributed by atoms with Crippen LogP contribution in [0.25, 0.3) is 0 Å². The Balaban J connectivity index is 1.44. The zero-order chi connectivity index (χ0) is 32.0. The summed E-state index contributed by atoms with van der Waals surface area (Å²) < 4.78 is 87.2. The topological polar surface area (TPSA) is 108 Å². The van der Waals surface area contributed by atoms with Crippen LogP contribution in [0.3, 0.4) is 0 Å². The summed E-state index contributed by atoms with van der Waals surface area (Å²) in [5.74, 6) is -0.732. The summed E-state index contributed by atoms with van der Waals surface area (Å²) in [6, 6.07) is 11.3. The molecule has 44 heavy (non-hydrogen) atoms. The van der Waals surface area contributed by atoms with Crippen LogP contribution in [0.4, 0.5) is 32.0 Å². The Morgan fingerprint density at radius 2 is 1.93 bits per heavy atom. The molecule has 0 radical (unpaired) electrons. The van der Waals surface area contributed by atoms with E-state index in [1.807, 2.05) is 0 Å². The predicted molar refractivity (Wildman–Crippen MR) is 148 cm³/mol. The van der Waals surface area contributed by atoms with Crippen molar-refractivity contribution in [3.63, 3.8) is 0 Å². The average Bonchev–Trinajstić information content (AvgIpc) is 3.29. The van der Waals surface area contributed by atoms with Crippen molar-refractivity contribution in [1.82, 2.24) is 9.80 Å². The summed E-state index contributed by atoms with van der Waals surface area (Å²) in [5.41, 5.74) is -0.817. The lowest BCUT2D eigenvalue weighted by Crippen LogP contribution is -2.48. The lowest BCUT2D eigenvalue weighted by Gasteiger charge is -2.46. The summed E-state index contributed by atoms with van der Waals surface area (Å²) in [6.45, 7) is -1.22. The van der Waals surface area contributed by atoms with E-state index >= 15 is 0 Å². The quantitative estimate of drug-likeness (QED) is 0.235. The van der Waals surface area contributed by atoms with Gasteiger partial charge in [-0.05, 0) is 53.8 Å². The number of nitriles is 1. The molecule has 5 rings (SSSR count). The Morgan fingerprint density at radius 3 is 2.57 bits per heavy atom. The molecule has 1 atom stereocenters. The lowest BCUT2D eigenvalue weighted by atomic mass is 9.57. The summed E-state index contributed by atoms with van der Waals surface area (Å²) in [6.07, 6.45) is -9.32. The number of halogens is 6. The van der Waals surface area contributed by atoms with Crippen LogP contribution in [0.15, 0.2) is 36.4 Å². The van der Waals surface area contributed by atoms with Gasteiger partial charge >= 0.3 is 12.4 Å². The van der Waals surface area contributed by atoms with Crippen molar-refractivity contribution in [1.29, 1.82) is 16.1 Å². The number of fused-ring (bicyclic) bond motifs is 1. The molecule has 8 nitrogen and oxygen atoms in total. The molecule has 1 saturated heterocycles. The van der Waals surface area contributed by atoms with E-state index in [1.54, 1.807) is 31.3 Å². The number of amides is 1. The third kappa shape index (κ3) is 6.03. The van der Waals surface area contributed by atoms with Crippen molar-refractivity contribution in [3.8, 4) is 6.07 Å². The molecule has 2 N–H and O–H groups in total. The van der Waals surface area contributed by atoms with Crippen molar-refractivity contribution in [2.45, 2.75) is 56.2 Å². The van der Waals surface area contributed by atoms with Crippen LogP contribution in [0.5, 0.6) is 0 Å². The van der Waals surface area contributed by atoms with Crippen LogP contribution < -0.4 is 4.90 Å². The van der Waals surface area contributed by atoms with Gasteiger partial charge in [-0.15, -0.1) is 0 Å². The molecule has 1 amide bonds. The molecule has 2 aliphatic heterocycles. The average molecular weight is 621 g/mol. The maximum Gasteiger partial charge on any atom is 0.416 e. The molecule has 2 aromatic rings. The molecule has 1 saturated carbocycles. The van der Waals surface area contributed by atoms with Gasteiger partial charge in [-0.25, -0.2) is 0 Å². The van der Waals surface area contributed by atoms with Gasteiger partial charge in [-0.2, -0.15) is 31.6 Å². The highest BCUT2D eigenvalue weighted by Gasteiger charge is 2.48. The number of hydrogen-bond donors (Lipinski definition) is 2. The fraction of sp³-hybridized carbons (Fsp3) is 0.467. The number of nitrogens with one attached hydrogen (secondary N) is 2. The third-order valence-corrected chi connectivity index (χ3v) is 8.68. The molecule has 1 aliphatic carbocycles. The van der Waals surface area contributed by atoms with Gasteiger partial charge in [0.15, 0.2) is 6.10 Å². The summed E-state index contributed by atoms with van der Waals surface area (Å²) in [7, 11) is 1.57. The summed E-state index contributed by atoms with van der Waals surface area (Å²) in [4.78, 5) is 17.6. The molecular formula is C30H30F6N6O2. The monoisotopic (exact) mass is 620 g/mol. The largest absolute Gasteiger partial charge is 0.416 e. The number of carbonyl (C=O) groups is 1. The van der Waals surface area contributed by atoms with Crippen molar-refractivity contribution in [2.75, 3.05) is 31.6 Å². The molecular weight excluding hydrogens is 590 g/mol. The van der Waals surface area contributed by atoms with Gasteiger partial charge in [-0.1, -0.05) is 12.1 Å². The Kier molecular flexibility index (Phi) is 8.24. The number of nitrogens with zero attached hydrogens (tertiary/aromatic N) is 4. The Morgan fingerprint density at radius 1 is 1.20 bits per heavy atom. The van der Waals surface area contributed by atoms with E-state index in [0.717, 1.165) is 18.0 Å². The van der Waals surface area contributed by atoms with E-state index in [9.17, 15) is 36.4 Å². The van der Waals surface area contributed by atoms with Crippen molar-refractivity contribution in [3.05, 3.63) is 64.2 Å². The van der Waals surface area contributed by atoms with Gasteiger partial charge in [0.2, 0.25) is 0 Å². The molecule has 2 fully saturated rings. The minimum absolute atomic E-state index is 0.0765. The maximum atomic E-state index is 14.3. The standard InChI is InChI=1S/C30H30F6N6O2/c1-40(17-38)26(39)12-28(10-19(11-28)13-37)20-3-2-4-21(9-20)42-15-23-22(27(42)43)7-18(8-24(23)29(31,32)33)14-41-5-6-44-25(16-41)30(34,35)36/h2-4,7-9,17,19,25,38-39H,5-6,10-12,14-16H2,1H3/t19?,25-,28?/m0/s1. The Bertz CT molecular complexity index is 1510. The van der Waals surface area contributed by atoms with E-state index in [0.29, 0.717) is 18.5 Å². The smallest absolute Gasteiger partial charge is 0.366 e. The molecule has 0 bridgehead atoms. The number of hydrogen-bond acceptors (Lipinski definition) is 6. The number of rotatable bonds is 7. The van der Waals surface area contributed by atoms with E-state index in [-0.39, 0.29) is 61.1 Å². The van der Waals surface area contributed by atoms with E-state index in [4.69, 9.17) is 15.6 Å². The highest BCUT2D eigenvalue weighted by atomic mass is 19.4. The minimum Gasteiger partial charge on any atom is -0.366 e. The lowest BCUT2D eigenvalue weighted by molar-refractivity contribution is -0.237. The van der Waals surface area contributed by atoms with Crippen LogP contribution in [-0.4, -0.2) is 66.9 Å². The highest BCUT2D eigenvalue weighted by Crippen LogP contribution is 2.51. The third-order valence-electron chi connectivity index (χ3n) is 8.68. The molecule has 0 aromatic heterocycles. The van der Waals surface area contributed by atoms with Crippen LogP contribution in [0.2, 0.25) is 0 Å². The first-order valence-corrected chi connectivity index (χ1v) is 13.9. The van der Waals surface area contributed by atoms with Crippen molar-refractivity contribution < 1.29 is 35.9 Å². The second-order valence-corrected chi connectivity index (χ2v) is 11.6. The first-order valence-electron chi connectivity index (χ1n) is 13.9.